The van der Waals surface area contributed by atoms with Crippen LogP contribution in [0.4, 0.5) is 5.69 Å². The molecule has 0 unspecified atom stereocenters. The first-order chi connectivity index (χ1) is 9.48. The average Bonchev–Trinajstić information content (AvgIpc) is 2.38. The minimum atomic E-state index is -0.194. The van der Waals surface area contributed by atoms with Gasteiger partial charge in [-0.2, -0.15) is 0 Å². The summed E-state index contributed by atoms with van der Waals surface area (Å²) in [6.07, 6.45) is 1.58. The number of aromatic nitrogens is 1. The van der Waals surface area contributed by atoms with Crippen molar-refractivity contribution in [2.75, 3.05) is 38.7 Å². The fourth-order valence-electron chi connectivity index (χ4n) is 2.23. The second-order valence-electron chi connectivity index (χ2n) is 5.46. The van der Waals surface area contributed by atoms with Crippen molar-refractivity contribution in [3.63, 3.8) is 0 Å². The van der Waals surface area contributed by atoms with E-state index >= 15 is 0 Å². The van der Waals surface area contributed by atoms with Gasteiger partial charge in [0, 0.05) is 19.2 Å². The Morgan fingerprint density at radius 3 is 2.95 bits per heavy atom. The minimum Gasteiger partial charge on any atom is -0.481 e. The topological polar surface area (TPSA) is 63.7 Å². The summed E-state index contributed by atoms with van der Waals surface area (Å²) in [5.41, 5.74) is 0.475. The number of hydrogen-bond donors (Lipinski definition) is 1. The van der Waals surface area contributed by atoms with Crippen LogP contribution in [0.5, 0.6) is 5.88 Å². The highest BCUT2D eigenvalue weighted by atomic mass is 16.5. The van der Waals surface area contributed by atoms with Crippen molar-refractivity contribution < 1.29 is 14.3 Å². The molecule has 1 amide bonds. The third kappa shape index (κ3) is 4.18. The van der Waals surface area contributed by atoms with Gasteiger partial charge in [-0.05, 0) is 19.9 Å². The first-order valence-corrected chi connectivity index (χ1v) is 6.65. The highest BCUT2D eigenvalue weighted by Gasteiger charge is 2.28. The molecular weight excluding hydrogens is 258 g/mol. The van der Waals surface area contributed by atoms with E-state index < -0.39 is 0 Å². The molecule has 0 aliphatic carbocycles. The maximum atomic E-state index is 12.0. The van der Waals surface area contributed by atoms with Crippen molar-refractivity contribution in [2.45, 2.75) is 19.4 Å². The number of nitrogens with one attached hydrogen (secondary N) is 1. The van der Waals surface area contributed by atoms with E-state index in [0.29, 0.717) is 24.7 Å². The molecule has 1 N–H and O–H groups in total. The van der Waals surface area contributed by atoms with E-state index in [2.05, 4.69) is 15.2 Å². The molecule has 0 spiro atoms. The number of morpholine rings is 1. The third-order valence-electron chi connectivity index (χ3n) is 3.10. The number of amides is 1. The predicted molar refractivity (Wildman–Crippen MR) is 75.9 cm³/mol. The van der Waals surface area contributed by atoms with Crippen LogP contribution in [0.1, 0.15) is 13.8 Å². The van der Waals surface area contributed by atoms with Crippen LogP contribution in [0.3, 0.4) is 0 Å². The zero-order chi connectivity index (χ0) is 14.6. The quantitative estimate of drug-likeness (QED) is 0.895. The van der Waals surface area contributed by atoms with Gasteiger partial charge in [-0.3, -0.25) is 9.69 Å². The molecule has 0 bridgehead atoms. The van der Waals surface area contributed by atoms with Gasteiger partial charge >= 0.3 is 0 Å². The van der Waals surface area contributed by atoms with Gasteiger partial charge in [-0.1, -0.05) is 0 Å². The fraction of sp³-hybridized carbons (Fsp3) is 0.571. The molecule has 1 saturated heterocycles. The van der Waals surface area contributed by atoms with E-state index in [1.807, 2.05) is 13.8 Å². The van der Waals surface area contributed by atoms with Crippen LogP contribution in [0.15, 0.2) is 18.3 Å². The fourth-order valence-corrected chi connectivity index (χ4v) is 2.23. The van der Waals surface area contributed by atoms with Gasteiger partial charge in [0.2, 0.25) is 11.8 Å². The summed E-state index contributed by atoms with van der Waals surface area (Å²) in [5, 5.41) is 2.83. The Morgan fingerprint density at radius 1 is 1.55 bits per heavy atom. The summed E-state index contributed by atoms with van der Waals surface area (Å²) in [7, 11) is 1.56. The lowest BCUT2D eigenvalue weighted by Crippen LogP contribution is -2.50. The smallest absolute Gasteiger partial charge is 0.238 e. The molecule has 2 heterocycles. The van der Waals surface area contributed by atoms with E-state index in [-0.39, 0.29) is 11.5 Å². The lowest BCUT2D eigenvalue weighted by molar-refractivity contribution is -0.122. The number of ether oxygens (including phenoxy) is 2. The van der Waals surface area contributed by atoms with Gasteiger partial charge in [0.1, 0.15) is 0 Å². The number of nitrogens with zero attached hydrogens (tertiary/aromatic N) is 2. The molecule has 1 aromatic rings. The molecule has 0 radical (unpaired) electrons. The molecule has 6 heteroatoms. The predicted octanol–water partition coefficient (Wildman–Crippen LogP) is 1.14. The maximum absolute atomic E-state index is 12.0. The third-order valence-corrected chi connectivity index (χ3v) is 3.10. The largest absolute Gasteiger partial charge is 0.481 e. The SMILES string of the molecule is COc1ccc(NC(=O)CN2CCOC(C)(C)C2)cn1. The summed E-state index contributed by atoms with van der Waals surface area (Å²) in [5.74, 6) is 0.479. The molecule has 1 aliphatic rings. The number of anilines is 1. The molecule has 20 heavy (non-hydrogen) atoms. The summed E-state index contributed by atoms with van der Waals surface area (Å²) in [6, 6.07) is 3.49. The summed E-state index contributed by atoms with van der Waals surface area (Å²) >= 11 is 0. The molecule has 1 fully saturated rings. The van der Waals surface area contributed by atoms with Crippen molar-refractivity contribution in [1.82, 2.24) is 9.88 Å². The van der Waals surface area contributed by atoms with Gasteiger partial charge in [0.15, 0.2) is 0 Å². The van der Waals surface area contributed by atoms with E-state index in [0.717, 1.165) is 13.1 Å². The van der Waals surface area contributed by atoms with Crippen LogP contribution in [0.2, 0.25) is 0 Å². The Labute approximate surface area is 119 Å². The van der Waals surface area contributed by atoms with Gasteiger partial charge in [0.25, 0.3) is 0 Å². The molecule has 110 valence electrons. The molecule has 0 aromatic carbocycles. The van der Waals surface area contributed by atoms with Crippen LogP contribution in [-0.4, -0.2) is 54.7 Å². The van der Waals surface area contributed by atoms with Gasteiger partial charge in [0.05, 0.1) is 37.7 Å². The molecule has 0 saturated carbocycles. The number of pyridine rings is 1. The summed E-state index contributed by atoms with van der Waals surface area (Å²) in [4.78, 5) is 18.1. The average molecular weight is 279 g/mol. The second-order valence-corrected chi connectivity index (χ2v) is 5.46. The lowest BCUT2D eigenvalue weighted by Gasteiger charge is -2.37. The maximum Gasteiger partial charge on any atom is 0.238 e. The Kier molecular flexibility index (Phi) is 4.57. The van der Waals surface area contributed by atoms with E-state index in [9.17, 15) is 4.79 Å². The number of hydrogen-bond acceptors (Lipinski definition) is 5. The first kappa shape index (κ1) is 14.7. The molecule has 2 rings (SSSR count). The Balaban J connectivity index is 1.85. The van der Waals surface area contributed by atoms with Gasteiger partial charge < -0.3 is 14.8 Å². The zero-order valence-corrected chi connectivity index (χ0v) is 12.2. The summed E-state index contributed by atoms with van der Waals surface area (Å²) in [6.45, 7) is 6.61. The van der Waals surface area contributed by atoms with Gasteiger partial charge in [-0.15, -0.1) is 0 Å². The molecule has 1 aliphatic heterocycles. The van der Waals surface area contributed by atoms with E-state index in [4.69, 9.17) is 9.47 Å². The van der Waals surface area contributed by atoms with Crippen molar-refractivity contribution in [3.05, 3.63) is 18.3 Å². The number of carbonyl (C=O) groups is 1. The molecule has 1 aromatic heterocycles. The lowest BCUT2D eigenvalue weighted by atomic mass is 10.1. The number of carbonyl (C=O) groups excluding carboxylic acids is 1. The van der Waals surface area contributed by atoms with Crippen LogP contribution in [0.25, 0.3) is 0 Å². The van der Waals surface area contributed by atoms with Crippen molar-refractivity contribution in [2.24, 2.45) is 0 Å². The molecular formula is C14H21N3O3. The minimum absolute atomic E-state index is 0.0466. The number of rotatable bonds is 4. The normalized spacial score (nSPS) is 18.6. The molecule has 6 nitrogen and oxygen atoms in total. The van der Waals surface area contributed by atoms with Crippen LogP contribution >= 0.6 is 0 Å². The van der Waals surface area contributed by atoms with E-state index in [1.165, 1.54) is 0 Å². The van der Waals surface area contributed by atoms with Crippen molar-refractivity contribution >= 4 is 11.6 Å². The first-order valence-electron chi connectivity index (χ1n) is 6.65. The Hall–Kier alpha value is -1.66. The van der Waals surface area contributed by atoms with Crippen molar-refractivity contribution in [1.29, 1.82) is 0 Å². The summed E-state index contributed by atoms with van der Waals surface area (Å²) < 4.78 is 10.6. The van der Waals surface area contributed by atoms with Gasteiger partial charge in [-0.25, -0.2) is 4.98 Å². The monoisotopic (exact) mass is 279 g/mol. The number of methoxy groups -OCH3 is 1. The Morgan fingerprint density at radius 2 is 2.35 bits per heavy atom. The van der Waals surface area contributed by atoms with Crippen LogP contribution in [-0.2, 0) is 9.53 Å². The highest BCUT2D eigenvalue weighted by molar-refractivity contribution is 5.92. The second kappa shape index (κ2) is 6.19. The highest BCUT2D eigenvalue weighted by Crippen LogP contribution is 2.16. The zero-order valence-electron chi connectivity index (χ0n) is 12.2. The van der Waals surface area contributed by atoms with Crippen LogP contribution in [0, 0.1) is 0 Å². The molecule has 0 atom stereocenters. The standard InChI is InChI=1S/C14H21N3O3/c1-14(2)10-17(6-7-20-14)9-12(18)16-11-4-5-13(19-3)15-8-11/h4-5,8H,6-7,9-10H2,1-3H3,(H,16,18). The van der Waals surface area contributed by atoms with Crippen molar-refractivity contribution in [3.8, 4) is 5.88 Å². The van der Waals surface area contributed by atoms with E-state index in [1.54, 1.807) is 25.4 Å². The van der Waals surface area contributed by atoms with Crippen LogP contribution < -0.4 is 10.1 Å². The Bertz CT molecular complexity index is 459.